The van der Waals surface area contributed by atoms with Crippen molar-refractivity contribution in [1.29, 1.82) is 0 Å². The maximum atomic E-state index is 4.60. The second-order valence-electron chi connectivity index (χ2n) is 4.96. The highest BCUT2D eigenvalue weighted by Gasteiger charge is 2.12. The molecule has 2 aromatic heterocycles. The van der Waals surface area contributed by atoms with E-state index in [2.05, 4.69) is 58.9 Å². The number of anilines is 2. The van der Waals surface area contributed by atoms with Gasteiger partial charge in [-0.05, 0) is 24.3 Å². The lowest BCUT2D eigenvalue weighted by atomic mass is 10.2. The molecule has 21 heavy (non-hydrogen) atoms. The number of aryl methyl sites for hydroxylation is 1. The van der Waals surface area contributed by atoms with Gasteiger partial charge in [-0.15, -0.1) is 11.3 Å². The predicted octanol–water partition coefficient (Wildman–Crippen LogP) is 4.49. The molecule has 0 amide bonds. The monoisotopic (exact) mass is 304 g/mol. The topological polar surface area (TPSA) is 49.8 Å². The quantitative estimate of drug-likeness (QED) is 0.754. The molecule has 1 atom stereocenters. The molecule has 2 N–H and O–H groups in total. The molecule has 0 aliphatic carbocycles. The van der Waals surface area contributed by atoms with Crippen molar-refractivity contribution >= 4 is 23.0 Å². The van der Waals surface area contributed by atoms with E-state index >= 15 is 0 Å². The highest BCUT2D eigenvalue weighted by Crippen LogP contribution is 2.26. The van der Waals surface area contributed by atoms with E-state index < -0.39 is 0 Å². The maximum absolute atomic E-state index is 4.60. The smallest absolute Gasteiger partial charge is 0.132 e. The van der Waals surface area contributed by atoms with Crippen molar-refractivity contribution in [2.45, 2.75) is 46.1 Å². The molecule has 0 aliphatic heterocycles. The molecule has 1 unspecified atom stereocenters. The van der Waals surface area contributed by atoms with Crippen LogP contribution in [0.3, 0.4) is 0 Å². The fraction of sp³-hybridized carbons (Fsp3) is 0.500. The summed E-state index contributed by atoms with van der Waals surface area (Å²) in [6, 6.07) is 6.58. The molecule has 4 nitrogen and oxygen atoms in total. The van der Waals surface area contributed by atoms with Crippen LogP contribution < -0.4 is 10.6 Å². The highest BCUT2D eigenvalue weighted by molar-refractivity contribution is 7.10. The third-order valence-corrected chi connectivity index (χ3v) is 4.25. The van der Waals surface area contributed by atoms with Crippen molar-refractivity contribution in [3.8, 4) is 0 Å². The summed E-state index contributed by atoms with van der Waals surface area (Å²) in [6.07, 6.45) is 2.96. The number of nitrogens with zero attached hydrogens (tertiary/aromatic N) is 2. The SMILES string of the molecule is CCCNc1cc(NC(CC)c2cccs2)nc(CC)n1. The number of hydrogen-bond acceptors (Lipinski definition) is 5. The number of aromatic nitrogens is 2. The van der Waals surface area contributed by atoms with Gasteiger partial charge in [-0.2, -0.15) is 0 Å². The Morgan fingerprint density at radius 3 is 2.62 bits per heavy atom. The van der Waals surface area contributed by atoms with Crippen LogP contribution in [0.15, 0.2) is 23.6 Å². The molecule has 5 heteroatoms. The summed E-state index contributed by atoms with van der Waals surface area (Å²) in [5, 5.41) is 9.01. The fourth-order valence-electron chi connectivity index (χ4n) is 2.12. The largest absolute Gasteiger partial charge is 0.370 e. The molecule has 0 bridgehead atoms. The van der Waals surface area contributed by atoms with Crippen LogP contribution in [0.1, 0.15) is 50.4 Å². The maximum Gasteiger partial charge on any atom is 0.132 e. The third-order valence-electron chi connectivity index (χ3n) is 3.26. The summed E-state index contributed by atoms with van der Waals surface area (Å²) in [7, 11) is 0. The molecule has 0 aliphatic rings. The Hall–Kier alpha value is -1.62. The van der Waals surface area contributed by atoms with Crippen molar-refractivity contribution in [3.05, 3.63) is 34.3 Å². The standard InChI is InChI=1S/C16H24N4S/c1-4-9-17-15-11-16(20-14(6-3)19-15)18-12(5-2)13-8-7-10-21-13/h7-8,10-12H,4-6,9H2,1-3H3,(H2,17,18,19,20). The molecule has 2 aromatic rings. The van der Waals surface area contributed by atoms with Gasteiger partial charge in [-0.3, -0.25) is 0 Å². The van der Waals surface area contributed by atoms with Crippen LogP contribution in [0.25, 0.3) is 0 Å². The van der Waals surface area contributed by atoms with E-state index in [4.69, 9.17) is 0 Å². The van der Waals surface area contributed by atoms with E-state index in [-0.39, 0.29) is 0 Å². The minimum atomic E-state index is 0.309. The zero-order valence-corrected chi connectivity index (χ0v) is 13.8. The molecule has 114 valence electrons. The molecule has 0 saturated heterocycles. The first-order valence-corrected chi connectivity index (χ1v) is 8.56. The Morgan fingerprint density at radius 2 is 2.00 bits per heavy atom. The van der Waals surface area contributed by atoms with Gasteiger partial charge in [-0.1, -0.05) is 26.8 Å². The highest BCUT2D eigenvalue weighted by atomic mass is 32.1. The Kier molecular flexibility index (Phi) is 5.99. The summed E-state index contributed by atoms with van der Waals surface area (Å²) in [5.41, 5.74) is 0. The van der Waals surface area contributed by atoms with Crippen LogP contribution >= 0.6 is 11.3 Å². The summed E-state index contributed by atoms with van der Waals surface area (Å²) < 4.78 is 0. The van der Waals surface area contributed by atoms with Gasteiger partial charge < -0.3 is 10.6 Å². The molecule has 0 radical (unpaired) electrons. The Labute approximate surface area is 131 Å². The van der Waals surface area contributed by atoms with Gasteiger partial charge in [0.1, 0.15) is 17.5 Å². The van der Waals surface area contributed by atoms with Crippen LogP contribution in [0.5, 0.6) is 0 Å². The first kappa shape index (κ1) is 15.8. The summed E-state index contributed by atoms with van der Waals surface area (Å²) >= 11 is 1.78. The van der Waals surface area contributed by atoms with Crippen molar-refractivity contribution < 1.29 is 0 Å². The van der Waals surface area contributed by atoms with Gasteiger partial charge in [0.15, 0.2) is 0 Å². The Bertz CT molecular complexity index is 539. The zero-order valence-electron chi connectivity index (χ0n) is 13.0. The number of hydrogen-bond donors (Lipinski definition) is 2. The van der Waals surface area contributed by atoms with Gasteiger partial charge in [-0.25, -0.2) is 9.97 Å². The average molecular weight is 304 g/mol. The van der Waals surface area contributed by atoms with Crippen LogP contribution in [0, 0.1) is 0 Å². The van der Waals surface area contributed by atoms with Crippen LogP contribution in [0.4, 0.5) is 11.6 Å². The Balaban J connectivity index is 2.17. The summed E-state index contributed by atoms with van der Waals surface area (Å²) in [4.78, 5) is 10.5. The summed E-state index contributed by atoms with van der Waals surface area (Å²) in [6.45, 7) is 7.36. The molecule has 0 spiro atoms. The van der Waals surface area contributed by atoms with E-state index in [9.17, 15) is 0 Å². The van der Waals surface area contributed by atoms with Crippen LogP contribution in [0.2, 0.25) is 0 Å². The van der Waals surface area contributed by atoms with E-state index in [0.29, 0.717) is 6.04 Å². The molecule has 2 heterocycles. The van der Waals surface area contributed by atoms with Crippen molar-refractivity contribution in [1.82, 2.24) is 9.97 Å². The third kappa shape index (κ3) is 4.43. The second-order valence-corrected chi connectivity index (χ2v) is 5.93. The van der Waals surface area contributed by atoms with E-state index in [1.165, 1.54) is 4.88 Å². The summed E-state index contributed by atoms with van der Waals surface area (Å²) in [5.74, 6) is 2.69. The predicted molar refractivity (Wildman–Crippen MR) is 91.2 cm³/mol. The Morgan fingerprint density at radius 1 is 1.19 bits per heavy atom. The van der Waals surface area contributed by atoms with Crippen molar-refractivity contribution in [2.75, 3.05) is 17.2 Å². The number of rotatable bonds is 8. The van der Waals surface area contributed by atoms with Gasteiger partial charge >= 0.3 is 0 Å². The number of thiophene rings is 1. The lowest BCUT2D eigenvalue weighted by molar-refractivity contribution is 0.755. The fourth-order valence-corrected chi connectivity index (χ4v) is 2.98. The number of nitrogens with one attached hydrogen (secondary N) is 2. The van der Waals surface area contributed by atoms with Gasteiger partial charge in [0.2, 0.25) is 0 Å². The normalized spacial score (nSPS) is 12.1. The van der Waals surface area contributed by atoms with Crippen LogP contribution in [-0.4, -0.2) is 16.5 Å². The zero-order chi connectivity index (χ0) is 15.1. The van der Waals surface area contributed by atoms with Gasteiger partial charge in [0.25, 0.3) is 0 Å². The second kappa shape index (κ2) is 7.98. The van der Waals surface area contributed by atoms with Crippen LogP contribution in [-0.2, 0) is 6.42 Å². The molecule has 0 aromatic carbocycles. The van der Waals surface area contributed by atoms with E-state index in [1.807, 2.05) is 6.07 Å². The van der Waals surface area contributed by atoms with Crippen molar-refractivity contribution in [2.24, 2.45) is 0 Å². The van der Waals surface area contributed by atoms with Crippen molar-refractivity contribution in [3.63, 3.8) is 0 Å². The molecular weight excluding hydrogens is 280 g/mol. The molecular formula is C16H24N4S. The molecule has 0 saturated carbocycles. The first-order valence-electron chi connectivity index (χ1n) is 7.68. The van der Waals surface area contributed by atoms with E-state index in [0.717, 1.165) is 43.3 Å². The molecule has 2 rings (SSSR count). The average Bonchev–Trinajstić information content (AvgIpc) is 3.04. The molecule has 0 fully saturated rings. The first-order chi connectivity index (χ1) is 10.3. The van der Waals surface area contributed by atoms with Gasteiger partial charge in [0, 0.05) is 23.9 Å². The lowest BCUT2D eigenvalue weighted by Crippen LogP contribution is -2.12. The minimum Gasteiger partial charge on any atom is -0.370 e. The van der Waals surface area contributed by atoms with E-state index in [1.54, 1.807) is 11.3 Å². The van der Waals surface area contributed by atoms with Gasteiger partial charge in [0.05, 0.1) is 6.04 Å². The minimum absolute atomic E-state index is 0.309. The lowest BCUT2D eigenvalue weighted by Gasteiger charge is -2.17.